The number of benzene rings is 1. The van der Waals surface area contributed by atoms with Gasteiger partial charge in [-0.05, 0) is 39.8 Å². The molecular weight excluding hydrogens is 276 g/mol. The normalized spacial score (nSPS) is 11.3. The van der Waals surface area contributed by atoms with Crippen molar-refractivity contribution in [1.29, 1.82) is 0 Å². The lowest BCUT2D eigenvalue weighted by Gasteiger charge is -2.20. The molecule has 0 spiro atoms. The number of nitrogens with one attached hydrogen (secondary N) is 2. The lowest BCUT2D eigenvalue weighted by molar-refractivity contribution is 0.232. The molecule has 1 heterocycles. The van der Waals surface area contributed by atoms with E-state index in [0.29, 0.717) is 13.0 Å². The van der Waals surface area contributed by atoms with Crippen LogP contribution in [0, 0.1) is 6.92 Å². The first-order valence-corrected chi connectivity index (χ1v) is 7.51. The fourth-order valence-corrected chi connectivity index (χ4v) is 2.19. The van der Waals surface area contributed by atoms with Gasteiger partial charge < -0.3 is 15.2 Å². The number of carbonyl (C=O) groups excluding carboxylic acids is 1. The van der Waals surface area contributed by atoms with Crippen LogP contribution in [0.1, 0.15) is 32.3 Å². The highest BCUT2D eigenvalue weighted by atomic mass is 16.2. The van der Waals surface area contributed by atoms with Crippen LogP contribution in [0.15, 0.2) is 36.5 Å². The number of hydrogen-bond donors (Lipinski definition) is 2. The zero-order chi connectivity index (χ0) is 16.2. The molecule has 2 N–H and O–H groups in total. The van der Waals surface area contributed by atoms with Crippen molar-refractivity contribution in [3.05, 3.63) is 48.0 Å². The molecule has 0 radical (unpaired) electrons. The number of para-hydroxylation sites is 1. The summed E-state index contributed by atoms with van der Waals surface area (Å²) in [5.41, 5.74) is 1.84. The number of nitrogens with zero attached hydrogens (tertiary/aromatic N) is 2. The molecule has 2 amide bonds. The molecule has 0 unspecified atom stereocenters. The molecule has 0 saturated heterocycles. The van der Waals surface area contributed by atoms with E-state index in [2.05, 4.69) is 20.2 Å². The van der Waals surface area contributed by atoms with Crippen LogP contribution in [0.3, 0.4) is 0 Å². The second-order valence-electron chi connectivity index (χ2n) is 6.37. The molecule has 0 aliphatic rings. The summed E-state index contributed by atoms with van der Waals surface area (Å²) in [6.45, 7) is 8.41. The molecule has 0 aliphatic carbocycles. The van der Waals surface area contributed by atoms with Crippen LogP contribution in [0.5, 0.6) is 0 Å². The van der Waals surface area contributed by atoms with Crippen LogP contribution in [-0.4, -0.2) is 27.7 Å². The third-order valence-corrected chi connectivity index (χ3v) is 3.12. The molecule has 0 bridgehead atoms. The Bertz CT molecular complexity index is 626. The molecule has 2 aromatic rings. The first-order chi connectivity index (χ1) is 10.3. The number of imidazole rings is 1. The van der Waals surface area contributed by atoms with Gasteiger partial charge >= 0.3 is 6.03 Å². The lowest BCUT2D eigenvalue weighted by atomic mass is 10.1. The Balaban J connectivity index is 1.91. The van der Waals surface area contributed by atoms with Crippen LogP contribution in [0.25, 0.3) is 5.69 Å². The van der Waals surface area contributed by atoms with E-state index in [0.717, 1.165) is 17.2 Å². The Hall–Kier alpha value is -2.30. The Morgan fingerprint density at radius 1 is 1.23 bits per heavy atom. The van der Waals surface area contributed by atoms with Crippen molar-refractivity contribution >= 4 is 6.03 Å². The van der Waals surface area contributed by atoms with Gasteiger partial charge in [0.2, 0.25) is 0 Å². The molecular formula is C17H24N4O. The average molecular weight is 300 g/mol. The number of urea groups is 1. The van der Waals surface area contributed by atoms with Crippen LogP contribution >= 0.6 is 0 Å². The average Bonchev–Trinajstić information content (AvgIpc) is 2.79. The van der Waals surface area contributed by atoms with Gasteiger partial charge in [-0.2, -0.15) is 0 Å². The summed E-state index contributed by atoms with van der Waals surface area (Å²) < 4.78 is 2.06. The minimum absolute atomic E-state index is 0.147. The summed E-state index contributed by atoms with van der Waals surface area (Å²) in [6, 6.07) is 9.96. The zero-order valence-electron chi connectivity index (χ0n) is 13.7. The smallest absolute Gasteiger partial charge is 0.315 e. The maximum atomic E-state index is 11.7. The maximum Gasteiger partial charge on any atom is 0.315 e. The largest absolute Gasteiger partial charge is 0.338 e. The number of carbonyl (C=O) groups is 1. The molecule has 5 nitrogen and oxygen atoms in total. The van der Waals surface area contributed by atoms with E-state index in [1.54, 1.807) is 0 Å². The summed E-state index contributed by atoms with van der Waals surface area (Å²) in [7, 11) is 0. The van der Waals surface area contributed by atoms with E-state index in [4.69, 9.17) is 0 Å². The lowest BCUT2D eigenvalue weighted by Crippen LogP contribution is -2.46. The highest BCUT2D eigenvalue weighted by Gasteiger charge is 2.13. The third kappa shape index (κ3) is 4.62. The minimum Gasteiger partial charge on any atom is -0.338 e. The first kappa shape index (κ1) is 16.1. The van der Waals surface area contributed by atoms with Crippen molar-refractivity contribution < 1.29 is 4.79 Å². The first-order valence-electron chi connectivity index (χ1n) is 7.51. The van der Waals surface area contributed by atoms with Crippen molar-refractivity contribution in [3.63, 3.8) is 0 Å². The second-order valence-corrected chi connectivity index (χ2v) is 6.37. The number of aryl methyl sites for hydroxylation is 1. The number of aromatic nitrogens is 2. The standard InChI is InChI=1S/C17H24N4O/c1-13-19-14(10-11-18-16(22)20-17(2,3)4)12-21(13)15-8-6-5-7-9-15/h5-9,12H,10-11H2,1-4H3,(H2,18,20,22). The summed E-state index contributed by atoms with van der Waals surface area (Å²) in [5, 5.41) is 5.73. The Kier molecular flexibility index (Phi) is 4.85. The van der Waals surface area contributed by atoms with E-state index in [9.17, 15) is 4.79 Å². The van der Waals surface area contributed by atoms with Gasteiger partial charge in [0.05, 0.1) is 5.69 Å². The second kappa shape index (κ2) is 6.64. The fraction of sp³-hybridized carbons (Fsp3) is 0.412. The molecule has 0 aliphatic heterocycles. The highest BCUT2D eigenvalue weighted by Crippen LogP contribution is 2.12. The van der Waals surface area contributed by atoms with Crippen molar-refractivity contribution in [1.82, 2.24) is 20.2 Å². The molecule has 0 fully saturated rings. The van der Waals surface area contributed by atoms with Crippen molar-refractivity contribution in [2.45, 2.75) is 39.7 Å². The van der Waals surface area contributed by atoms with E-state index in [-0.39, 0.29) is 11.6 Å². The maximum absolute atomic E-state index is 11.7. The molecule has 1 aromatic carbocycles. The van der Waals surface area contributed by atoms with Gasteiger partial charge in [-0.1, -0.05) is 18.2 Å². The van der Waals surface area contributed by atoms with Crippen LogP contribution in [0.2, 0.25) is 0 Å². The van der Waals surface area contributed by atoms with E-state index in [1.807, 2.05) is 64.2 Å². The number of hydrogen-bond acceptors (Lipinski definition) is 2. The van der Waals surface area contributed by atoms with Gasteiger partial charge in [0.25, 0.3) is 0 Å². The predicted octanol–water partition coefficient (Wildman–Crippen LogP) is 2.82. The summed E-state index contributed by atoms with van der Waals surface area (Å²) in [5.74, 6) is 0.945. The van der Waals surface area contributed by atoms with Crippen LogP contribution < -0.4 is 10.6 Å². The zero-order valence-corrected chi connectivity index (χ0v) is 13.7. The predicted molar refractivity (Wildman–Crippen MR) is 88.3 cm³/mol. The van der Waals surface area contributed by atoms with Gasteiger partial charge in [0, 0.05) is 30.4 Å². The van der Waals surface area contributed by atoms with Gasteiger partial charge in [-0.25, -0.2) is 9.78 Å². The van der Waals surface area contributed by atoms with Crippen molar-refractivity contribution in [2.75, 3.05) is 6.54 Å². The fourth-order valence-electron chi connectivity index (χ4n) is 2.19. The molecule has 22 heavy (non-hydrogen) atoms. The summed E-state index contributed by atoms with van der Waals surface area (Å²) in [4.78, 5) is 16.2. The van der Waals surface area contributed by atoms with Crippen LogP contribution in [0.4, 0.5) is 4.79 Å². The van der Waals surface area contributed by atoms with Gasteiger partial charge in [0.1, 0.15) is 5.82 Å². The number of rotatable bonds is 4. The number of amides is 2. The SMILES string of the molecule is Cc1nc(CCNC(=O)NC(C)(C)C)cn1-c1ccccc1. The monoisotopic (exact) mass is 300 g/mol. The van der Waals surface area contributed by atoms with E-state index >= 15 is 0 Å². The van der Waals surface area contributed by atoms with E-state index in [1.165, 1.54) is 0 Å². The molecule has 0 atom stereocenters. The van der Waals surface area contributed by atoms with Crippen molar-refractivity contribution in [2.24, 2.45) is 0 Å². The minimum atomic E-state index is -0.227. The quantitative estimate of drug-likeness (QED) is 0.912. The highest BCUT2D eigenvalue weighted by molar-refractivity contribution is 5.74. The Morgan fingerprint density at radius 2 is 1.91 bits per heavy atom. The molecule has 5 heteroatoms. The third-order valence-electron chi connectivity index (χ3n) is 3.12. The summed E-state index contributed by atoms with van der Waals surface area (Å²) in [6.07, 6.45) is 2.73. The molecule has 1 aromatic heterocycles. The van der Waals surface area contributed by atoms with E-state index < -0.39 is 0 Å². The van der Waals surface area contributed by atoms with Crippen molar-refractivity contribution in [3.8, 4) is 5.69 Å². The van der Waals surface area contributed by atoms with Gasteiger partial charge in [-0.15, -0.1) is 0 Å². The molecule has 0 saturated carbocycles. The molecule has 118 valence electrons. The Morgan fingerprint density at radius 3 is 2.55 bits per heavy atom. The van der Waals surface area contributed by atoms with Crippen LogP contribution in [-0.2, 0) is 6.42 Å². The van der Waals surface area contributed by atoms with Gasteiger partial charge in [-0.3, -0.25) is 0 Å². The summed E-state index contributed by atoms with van der Waals surface area (Å²) >= 11 is 0. The Labute approximate surface area is 131 Å². The van der Waals surface area contributed by atoms with Gasteiger partial charge in [0.15, 0.2) is 0 Å². The molecule has 2 rings (SSSR count). The topological polar surface area (TPSA) is 59.0 Å².